The summed E-state index contributed by atoms with van der Waals surface area (Å²) in [4.78, 5) is 40.7. The Kier molecular flexibility index (Phi) is 6.87. The number of hydrogen-bond acceptors (Lipinski definition) is 5. The van der Waals surface area contributed by atoms with Crippen molar-refractivity contribution in [1.82, 2.24) is 14.0 Å². The molecule has 3 aromatic rings. The average molecular weight is 421 g/mol. The van der Waals surface area contributed by atoms with Gasteiger partial charge in [-0.25, -0.2) is 4.79 Å². The van der Waals surface area contributed by atoms with Gasteiger partial charge in [-0.05, 0) is 37.6 Å². The van der Waals surface area contributed by atoms with E-state index in [1.54, 1.807) is 6.92 Å². The van der Waals surface area contributed by atoms with Gasteiger partial charge in [0, 0.05) is 13.1 Å². The van der Waals surface area contributed by atoms with Crippen LogP contribution in [-0.4, -0.2) is 33.4 Å². The highest BCUT2D eigenvalue weighted by Gasteiger charge is 2.23. The number of hydrogen-bond donors (Lipinski definition) is 1. The second kappa shape index (κ2) is 9.57. The molecule has 162 valence electrons. The summed E-state index contributed by atoms with van der Waals surface area (Å²) in [5.41, 5.74) is 8.03. The number of aromatic nitrogens is 2. The zero-order valence-electron chi connectivity index (χ0n) is 18.2. The first-order valence-electron chi connectivity index (χ1n) is 10.3. The Morgan fingerprint density at radius 1 is 1.00 bits per heavy atom. The quantitative estimate of drug-likeness (QED) is 0.565. The van der Waals surface area contributed by atoms with Gasteiger partial charge in [-0.1, -0.05) is 54.6 Å². The summed E-state index contributed by atoms with van der Waals surface area (Å²) in [6.45, 7) is 4.63. The van der Waals surface area contributed by atoms with Crippen LogP contribution >= 0.6 is 0 Å². The molecule has 2 N–H and O–H groups in total. The normalized spacial score (nSPS) is 11.1. The van der Waals surface area contributed by atoms with Crippen molar-refractivity contribution in [3.05, 3.63) is 97.7 Å². The molecule has 2 aromatic carbocycles. The van der Waals surface area contributed by atoms with E-state index in [1.807, 2.05) is 73.5 Å². The number of carbonyl (C=O) groups is 1. The monoisotopic (exact) mass is 420 g/mol. The highest BCUT2D eigenvalue weighted by atomic mass is 16.2. The summed E-state index contributed by atoms with van der Waals surface area (Å²) in [5, 5.41) is 0. The van der Waals surface area contributed by atoms with Crippen LogP contribution in [0, 0.1) is 6.92 Å². The van der Waals surface area contributed by atoms with E-state index in [0.29, 0.717) is 6.54 Å². The fraction of sp³-hybridized carbons (Fsp3) is 0.292. The van der Waals surface area contributed by atoms with Crippen LogP contribution < -0.4 is 17.0 Å². The SMILES string of the molecule is CCn1c(=O)c(C(=O)CN(C)Cc2ccccc2C)c(N)n(Cc2ccccc2)c1=O. The molecule has 0 aliphatic rings. The molecular formula is C24H28N4O3. The van der Waals surface area contributed by atoms with Crippen molar-refractivity contribution in [1.29, 1.82) is 0 Å². The second-order valence-corrected chi connectivity index (χ2v) is 7.69. The molecule has 0 fully saturated rings. The van der Waals surface area contributed by atoms with E-state index in [0.717, 1.165) is 21.3 Å². The summed E-state index contributed by atoms with van der Waals surface area (Å²) < 4.78 is 2.36. The first kappa shape index (κ1) is 22.2. The van der Waals surface area contributed by atoms with E-state index in [4.69, 9.17) is 5.73 Å². The Bertz CT molecular complexity index is 1200. The standard InChI is InChI=1S/C24H28N4O3/c1-4-27-23(30)21(20(29)16-26(3)15-19-13-9-8-10-17(19)2)22(25)28(24(27)31)14-18-11-6-5-7-12-18/h5-13H,4,14-16,25H2,1-3H3. The molecule has 0 unspecified atom stereocenters. The van der Waals surface area contributed by atoms with Gasteiger partial charge in [0.25, 0.3) is 5.56 Å². The number of nitrogen functional groups attached to an aromatic ring is 1. The predicted octanol–water partition coefficient (Wildman–Crippen LogP) is 2.28. The Labute approximate surface area is 181 Å². The number of aryl methyl sites for hydroxylation is 1. The summed E-state index contributed by atoms with van der Waals surface area (Å²) in [5.74, 6) is -0.486. The molecule has 0 atom stereocenters. The van der Waals surface area contributed by atoms with Gasteiger partial charge in [-0.2, -0.15) is 0 Å². The van der Waals surface area contributed by atoms with Crippen molar-refractivity contribution in [2.24, 2.45) is 0 Å². The van der Waals surface area contributed by atoms with Crippen molar-refractivity contribution in [2.75, 3.05) is 19.3 Å². The molecule has 0 radical (unpaired) electrons. The molecule has 1 aromatic heterocycles. The van der Waals surface area contributed by atoms with Crippen molar-refractivity contribution < 1.29 is 4.79 Å². The van der Waals surface area contributed by atoms with Crippen LogP contribution in [-0.2, 0) is 19.6 Å². The lowest BCUT2D eigenvalue weighted by Gasteiger charge is -2.19. The van der Waals surface area contributed by atoms with Gasteiger partial charge in [0.2, 0.25) is 0 Å². The number of likely N-dealkylation sites (N-methyl/N-ethyl adjacent to an activating group) is 1. The molecule has 0 amide bonds. The molecule has 0 bridgehead atoms. The third-order valence-electron chi connectivity index (χ3n) is 5.36. The van der Waals surface area contributed by atoms with Crippen LogP contribution in [0.2, 0.25) is 0 Å². The van der Waals surface area contributed by atoms with Crippen LogP contribution in [0.4, 0.5) is 5.82 Å². The van der Waals surface area contributed by atoms with Crippen LogP contribution in [0.5, 0.6) is 0 Å². The molecular weight excluding hydrogens is 392 g/mol. The largest absolute Gasteiger partial charge is 0.384 e. The first-order valence-corrected chi connectivity index (χ1v) is 10.3. The molecule has 0 saturated carbocycles. The number of Topliss-reactive ketones (excluding diaryl/α,β-unsaturated/α-hetero) is 1. The van der Waals surface area contributed by atoms with Gasteiger partial charge in [0.1, 0.15) is 11.4 Å². The number of anilines is 1. The Morgan fingerprint density at radius 3 is 2.29 bits per heavy atom. The number of carbonyl (C=O) groups excluding carboxylic acids is 1. The maximum Gasteiger partial charge on any atom is 0.332 e. The van der Waals surface area contributed by atoms with Gasteiger partial charge >= 0.3 is 5.69 Å². The van der Waals surface area contributed by atoms with Crippen molar-refractivity contribution in [3.63, 3.8) is 0 Å². The zero-order valence-corrected chi connectivity index (χ0v) is 18.2. The maximum atomic E-state index is 13.1. The van der Waals surface area contributed by atoms with E-state index in [-0.39, 0.29) is 31.0 Å². The van der Waals surface area contributed by atoms with Crippen molar-refractivity contribution in [3.8, 4) is 0 Å². The average Bonchev–Trinajstić information content (AvgIpc) is 2.74. The minimum atomic E-state index is -0.636. The topological polar surface area (TPSA) is 90.3 Å². The van der Waals surface area contributed by atoms with Crippen LogP contribution in [0.1, 0.15) is 34.0 Å². The predicted molar refractivity (Wildman–Crippen MR) is 122 cm³/mol. The van der Waals surface area contributed by atoms with Gasteiger partial charge in [-0.3, -0.25) is 23.6 Å². The van der Waals surface area contributed by atoms with Gasteiger partial charge in [0.05, 0.1) is 13.1 Å². The molecule has 0 aliphatic heterocycles. The van der Waals surface area contributed by atoms with Crippen LogP contribution in [0.15, 0.2) is 64.2 Å². The lowest BCUT2D eigenvalue weighted by atomic mass is 10.1. The van der Waals surface area contributed by atoms with E-state index < -0.39 is 17.0 Å². The molecule has 31 heavy (non-hydrogen) atoms. The van der Waals surface area contributed by atoms with Gasteiger partial charge < -0.3 is 5.73 Å². The van der Waals surface area contributed by atoms with Crippen molar-refractivity contribution >= 4 is 11.6 Å². The number of nitrogens with zero attached hydrogens (tertiary/aromatic N) is 3. The number of benzene rings is 2. The Balaban J connectivity index is 1.95. The van der Waals surface area contributed by atoms with Crippen LogP contribution in [0.25, 0.3) is 0 Å². The third kappa shape index (κ3) is 4.83. The van der Waals surface area contributed by atoms with Gasteiger partial charge in [0.15, 0.2) is 5.78 Å². The molecule has 7 nitrogen and oxygen atoms in total. The van der Waals surface area contributed by atoms with Crippen molar-refractivity contribution in [2.45, 2.75) is 33.5 Å². The summed E-state index contributed by atoms with van der Waals surface area (Å²) >= 11 is 0. The number of ketones is 1. The second-order valence-electron chi connectivity index (χ2n) is 7.69. The number of nitrogens with two attached hydrogens (primary N) is 1. The lowest BCUT2D eigenvalue weighted by Crippen LogP contribution is -2.45. The molecule has 3 rings (SSSR count). The third-order valence-corrected chi connectivity index (χ3v) is 5.36. The Hall–Kier alpha value is -3.45. The zero-order chi connectivity index (χ0) is 22.5. The smallest absolute Gasteiger partial charge is 0.332 e. The fourth-order valence-corrected chi connectivity index (χ4v) is 3.63. The lowest BCUT2D eigenvalue weighted by molar-refractivity contribution is 0.0940. The minimum absolute atomic E-state index is 0.0149. The van der Waals surface area contributed by atoms with Crippen LogP contribution in [0.3, 0.4) is 0 Å². The number of rotatable bonds is 8. The summed E-state index contributed by atoms with van der Waals surface area (Å²) in [7, 11) is 1.82. The fourth-order valence-electron chi connectivity index (χ4n) is 3.63. The summed E-state index contributed by atoms with van der Waals surface area (Å²) in [6.07, 6.45) is 0. The maximum absolute atomic E-state index is 13.1. The van der Waals surface area contributed by atoms with E-state index in [2.05, 4.69) is 0 Å². The molecule has 0 spiro atoms. The van der Waals surface area contributed by atoms with E-state index in [1.165, 1.54) is 4.57 Å². The first-order chi connectivity index (χ1) is 14.8. The van der Waals surface area contributed by atoms with Gasteiger partial charge in [-0.15, -0.1) is 0 Å². The summed E-state index contributed by atoms with van der Waals surface area (Å²) in [6, 6.07) is 17.3. The minimum Gasteiger partial charge on any atom is -0.384 e. The highest BCUT2D eigenvalue weighted by Crippen LogP contribution is 2.13. The molecule has 7 heteroatoms. The molecule has 0 saturated heterocycles. The molecule has 1 heterocycles. The van der Waals surface area contributed by atoms with E-state index >= 15 is 0 Å². The van der Waals surface area contributed by atoms with E-state index in [9.17, 15) is 14.4 Å². The Morgan fingerprint density at radius 2 is 1.65 bits per heavy atom. The highest BCUT2D eigenvalue weighted by molar-refractivity contribution is 6.01. The molecule has 0 aliphatic carbocycles.